The lowest BCUT2D eigenvalue weighted by Gasteiger charge is -2.17. The van der Waals surface area contributed by atoms with Crippen LogP contribution in [0.4, 0.5) is 11.6 Å². The Morgan fingerprint density at radius 3 is 2.94 bits per heavy atom. The molecule has 2 rings (SSSR count). The van der Waals surface area contributed by atoms with Gasteiger partial charge in [0, 0.05) is 17.4 Å². The van der Waals surface area contributed by atoms with Gasteiger partial charge in [-0.15, -0.1) is 0 Å². The van der Waals surface area contributed by atoms with Gasteiger partial charge < -0.3 is 10.7 Å². The summed E-state index contributed by atoms with van der Waals surface area (Å²) in [4.78, 5) is 8.50. The molecule has 0 saturated carbocycles. The van der Waals surface area contributed by atoms with Crippen molar-refractivity contribution < 1.29 is 0 Å². The maximum absolute atomic E-state index is 5.49. The fraction of sp³-hybridized carbons (Fsp3) is 0.636. The molecule has 0 radical (unpaired) electrons. The maximum atomic E-state index is 5.49. The second-order valence-corrected chi connectivity index (χ2v) is 5.30. The van der Waals surface area contributed by atoms with Crippen LogP contribution >= 0.6 is 11.8 Å². The van der Waals surface area contributed by atoms with Crippen LogP contribution in [0.3, 0.4) is 0 Å². The topological polar surface area (TPSA) is 75.9 Å². The van der Waals surface area contributed by atoms with Gasteiger partial charge in [-0.25, -0.2) is 15.8 Å². The molecular formula is C11H19N5S. The van der Waals surface area contributed by atoms with Gasteiger partial charge in [0.25, 0.3) is 0 Å². The number of anilines is 2. The Balaban J connectivity index is 2.18. The molecule has 1 unspecified atom stereocenters. The molecule has 1 saturated heterocycles. The van der Waals surface area contributed by atoms with Crippen LogP contribution in [0.25, 0.3) is 0 Å². The van der Waals surface area contributed by atoms with Crippen LogP contribution in [0.15, 0.2) is 6.33 Å². The van der Waals surface area contributed by atoms with E-state index in [9.17, 15) is 0 Å². The minimum atomic E-state index is 0.524. The number of nitrogens with zero attached hydrogens (tertiary/aromatic N) is 2. The van der Waals surface area contributed by atoms with E-state index in [2.05, 4.69) is 27.6 Å². The summed E-state index contributed by atoms with van der Waals surface area (Å²) in [5, 5.41) is 3.50. The highest BCUT2D eigenvalue weighted by molar-refractivity contribution is 7.99. The SMILES string of the molecule is CCCc1c(NN)ncnc1NC1CCSC1. The van der Waals surface area contributed by atoms with Gasteiger partial charge in [0.05, 0.1) is 0 Å². The summed E-state index contributed by atoms with van der Waals surface area (Å²) in [5.41, 5.74) is 3.74. The first-order valence-corrected chi connectivity index (χ1v) is 7.15. The van der Waals surface area contributed by atoms with Crippen LogP contribution in [0.1, 0.15) is 25.3 Å². The summed E-state index contributed by atoms with van der Waals surface area (Å²) >= 11 is 1.98. The van der Waals surface area contributed by atoms with Crippen LogP contribution in [-0.4, -0.2) is 27.5 Å². The van der Waals surface area contributed by atoms with Crippen molar-refractivity contribution in [1.82, 2.24) is 9.97 Å². The highest BCUT2D eigenvalue weighted by atomic mass is 32.2. The monoisotopic (exact) mass is 253 g/mol. The number of nitrogen functional groups attached to an aromatic ring is 1. The highest BCUT2D eigenvalue weighted by Gasteiger charge is 2.18. The molecule has 1 atom stereocenters. The first-order valence-electron chi connectivity index (χ1n) is 6.00. The third kappa shape index (κ3) is 3.01. The number of aromatic nitrogens is 2. The zero-order valence-corrected chi connectivity index (χ0v) is 10.9. The summed E-state index contributed by atoms with van der Waals surface area (Å²) in [7, 11) is 0. The molecule has 5 nitrogen and oxygen atoms in total. The lowest BCUT2D eigenvalue weighted by atomic mass is 10.1. The molecule has 1 aromatic rings. The van der Waals surface area contributed by atoms with Gasteiger partial charge in [-0.3, -0.25) is 0 Å². The van der Waals surface area contributed by atoms with E-state index in [1.807, 2.05) is 11.8 Å². The van der Waals surface area contributed by atoms with Gasteiger partial charge in [0.2, 0.25) is 0 Å². The van der Waals surface area contributed by atoms with E-state index in [4.69, 9.17) is 5.84 Å². The fourth-order valence-electron chi connectivity index (χ4n) is 1.99. The molecular weight excluding hydrogens is 234 g/mol. The van der Waals surface area contributed by atoms with Gasteiger partial charge >= 0.3 is 0 Å². The van der Waals surface area contributed by atoms with Gasteiger partial charge in [0.15, 0.2) is 0 Å². The van der Waals surface area contributed by atoms with Crippen LogP contribution in [0, 0.1) is 0 Å². The van der Waals surface area contributed by atoms with Crippen molar-refractivity contribution in [3.63, 3.8) is 0 Å². The molecule has 0 bridgehead atoms. The Labute approximate surface area is 106 Å². The highest BCUT2D eigenvalue weighted by Crippen LogP contribution is 2.25. The molecule has 0 aliphatic carbocycles. The predicted octanol–water partition coefficient (Wildman–Crippen LogP) is 1.63. The molecule has 4 N–H and O–H groups in total. The molecule has 94 valence electrons. The fourth-order valence-corrected chi connectivity index (χ4v) is 3.14. The van der Waals surface area contributed by atoms with Crippen LogP contribution in [0.5, 0.6) is 0 Å². The molecule has 1 aromatic heterocycles. The summed E-state index contributed by atoms with van der Waals surface area (Å²) in [6.45, 7) is 2.14. The minimum absolute atomic E-state index is 0.524. The van der Waals surface area contributed by atoms with Crippen molar-refractivity contribution in [3.8, 4) is 0 Å². The van der Waals surface area contributed by atoms with Gasteiger partial charge in [0.1, 0.15) is 18.0 Å². The average Bonchev–Trinajstić information content (AvgIpc) is 2.84. The maximum Gasteiger partial charge on any atom is 0.148 e. The summed E-state index contributed by atoms with van der Waals surface area (Å²) in [6.07, 6.45) is 4.74. The number of hydrogen-bond acceptors (Lipinski definition) is 6. The second-order valence-electron chi connectivity index (χ2n) is 4.15. The van der Waals surface area contributed by atoms with Gasteiger partial charge in [-0.1, -0.05) is 13.3 Å². The van der Waals surface area contributed by atoms with E-state index in [0.29, 0.717) is 6.04 Å². The van der Waals surface area contributed by atoms with Crippen molar-refractivity contribution in [2.75, 3.05) is 22.2 Å². The third-order valence-electron chi connectivity index (χ3n) is 2.85. The van der Waals surface area contributed by atoms with E-state index in [1.165, 1.54) is 12.2 Å². The van der Waals surface area contributed by atoms with Crippen molar-refractivity contribution in [2.24, 2.45) is 5.84 Å². The van der Waals surface area contributed by atoms with Crippen molar-refractivity contribution in [3.05, 3.63) is 11.9 Å². The summed E-state index contributed by atoms with van der Waals surface area (Å²) in [5.74, 6) is 9.53. The van der Waals surface area contributed by atoms with Gasteiger partial charge in [-0.05, 0) is 18.6 Å². The first kappa shape index (κ1) is 12.4. The zero-order chi connectivity index (χ0) is 12.1. The lowest BCUT2D eigenvalue weighted by molar-refractivity contribution is 0.796. The van der Waals surface area contributed by atoms with E-state index in [0.717, 1.165) is 35.8 Å². The number of hydrazine groups is 1. The quantitative estimate of drug-likeness (QED) is 0.547. The normalized spacial score (nSPS) is 19.3. The summed E-state index contributed by atoms with van der Waals surface area (Å²) in [6, 6.07) is 0.524. The molecule has 2 heterocycles. The number of rotatable bonds is 5. The molecule has 17 heavy (non-hydrogen) atoms. The number of hydrogen-bond donors (Lipinski definition) is 3. The second kappa shape index (κ2) is 6.07. The molecule has 6 heteroatoms. The number of thioether (sulfide) groups is 1. The molecule has 0 aromatic carbocycles. The standard InChI is InChI=1S/C11H19N5S/c1-2-3-9-10(13-7-14-11(9)16-12)15-8-4-5-17-6-8/h7-8H,2-6,12H2,1H3,(H2,13,14,15,16). The van der Waals surface area contributed by atoms with Crippen LogP contribution in [0.2, 0.25) is 0 Å². The third-order valence-corrected chi connectivity index (χ3v) is 4.02. The zero-order valence-electron chi connectivity index (χ0n) is 10.1. The van der Waals surface area contributed by atoms with E-state index < -0.39 is 0 Å². The number of nitrogens with one attached hydrogen (secondary N) is 2. The molecule has 0 spiro atoms. The van der Waals surface area contributed by atoms with Crippen LogP contribution in [-0.2, 0) is 6.42 Å². The Morgan fingerprint density at radius 1 is 1.47 bits per heavy atom. The molecule has 1 aliphatic heterocycles. The predicted molar refractivity (Wildman–Crippen MR) is 73.2 cm³/mol. The minimum Gasteiger partial charge on any atom is -0.366 e. The van der Waals surface area contributed by atoms with Crippen LogP contribution < -0.4 is 16.6 Å². The largest absolute Gasteiger partial charge is 0.366 e. The Morgan fingerprint density at radius 2 is 2.29 bits per heavy atom. The molecule has 1 aliphatic rings. The van der Waals surface area contributed by atoms with E-state index >= 15 is 0 Å². The molecule has 0 amide bonds. The smallest absolute Gasteiger partial charge is 0.148 e. The Bertz CT molecular complexity index is 365. The lowest BCUT2D eigenvalue weighted by Crippen LogP contribution is -2.21. The first-order chi connectivity index (χ1) is 8.35. The number of nitrogens with two attached hydrogens (primary N) is 1. The van der Waals surface area contributed by atoms with E-state index in [1.54, 1.807) is 6.33 Å². The van der Waals surface area contributed by atoms with Crippen molar-refractivity contribution in [1.29, 1.82) is 0 Å². The van der Waals surface area contributed by atoms with Crippen molar-refractivity contribution in [2.45, 2.75) is 32.2 Å². The van der Waals surface area contributed by atoms with Gasteiger partial charge in [-0.2, -0.15) is 11.8 Å². The Hall–Kier alpha value is -1.01. The van der Waals surface area contributed by atoms with E-state index in [-0.39, 0.29) is 0 Å². The summed E-state index contributed by atoms with van der Waals surface area (Å²) < 4.78 is 0. The van der Waals surface area contributed by atoms with Crippen molar-refractivity contribution >= 4 is 23.4 Å². The Kier molecular flexibility index (Phi) is 4.44. The molecule has 1 fully saturated rings. The average molecular weight is 253 g/mol.